The van der Waals surface area contributed by atoms with Crippen LogP contribution in [-0.4, -0.2) is 27.8 Å². The third-order valence-corrected chi connectivity index (χ3v) is 5.58. The summed E-state index contributed by atoms with van der Waals surface area (Å²) >= 11 is 1.96. The predicted octanol–water partition coefficient (Wildman–Crippen LogP) is 3.42. The van der Waals surface area contributed by atoms with E-state index < -0.39 is 0 Å². The second-order valence-electron chi connectivity index (χ2n) is 5.44. The van der Waals surface area contributed by atoms with Crippen molar-refractivity contribution in [2.24, 2.45) is 0 Å². The fraction of sp³-hybridized carbons (Fsp3) is 0.600. The summed E-state index contributed by atoms with van der Waals surface area (Å²) in [5.41, 5.74) is 0.840. The van der Waals surface area contributed by atoms with E-state index >= 15 is 0 Å². The number of phenols is 2. The molecule has 1 saturated carbocycles. The van der Waals surface area contributed by atoms with Crippen LogP contribution in [-0.2, 0) is 0 Å². The Bertz CT molecular complexity index is 430. The standard InChI is InChI=1S/C15H23NO2S/c1-11(13-6-5-12(17)9-14(13)18)16-10-15(19-2)7-3-4-8-15/h5-6,9,11,16-18H,3-4,7-8,10H2,1-2H3. The smallest absolute Gasteiger partial charge is 0.124 e. The van der Waals surface area contributed by atoms with E-state index in [-0.39, 0.29) is 17.5 Å². The van der Waals surface area contributed by atoms with Gasteiger partial charge < -0.3 is 15.5 Å². The number of rotatable bonds is 5. The van der Waals surface area contributed by atoms with Crippen molar-refractivity contribution in [1.82, 2.24) is 5.32 Å². The second kappa shape index (κ2) is 6.06. The second-order valence-corrected chi connectivity index (χ2v) is 6.71. The lowest BCUT2D eigenvalue weighted by molar-refractivity contribution is 0.429. The van der Waals surface area contributed by atoms with E-state index in [2.05, 4.69) is 18.5 Å². The van der Waals surface area contributed by atoms with Gasteiger partial charge in [-0.05, 0) is 32.1 Å². The third kappa shape index (κ3) is 3.37. The van der Waals surface area contributed by atoms with Crippen LogP contribution in [0.1, 0.15) is 44.2 Å². The van der Waals surface area contributed by atoms with E-state index in [0.717, 1.165) is 12.1 Å². The molecule has 1 aliphatic carbocycles. The molecule has 1 aromatic rings. The Kier molecular flexibility index (Phi) is 4.63. The van der Waals surface area contributed by atoms with Crippen LogP contribution in [0.2, 0.25) is 0 Å². The van der Waals surface area contributed by atoms with Crippen LogP contribution in [0.5, 0.6) is 11.5 Å². The predicted molar refractivity (Wildman–Crippen MR) is 80.9 cm³/mol. The summed E-state index contributed by atoms with van der Waals surface area (Å²) in [6, 6.07) is 4.88. The zero-order chi connectivity index (χ0) is 13.9. The fourth-order valence-electron chi connectivity index (χ4n) is 2.82. The molecule has 0 aromatic heterocycles. The van der Waals surface area contributed by atoms with Crippen LogP contribution >= 0.6 is 11.8 Å². The maximum Gasteiger partial charge on any atom is 0.124 e. The van der Waals surface area contributed by atoms with Gasteiger partial charge >= 0.3 is 0 Å². The fourth-order valence-corrected chi connectivity index (χ4v) is 3.74. The van der Waals surface area contributed by atoms with Crippen LogP contribution in [0.4, 0.5) is 0 Å². The molecule has 0 saturated heterocycles. The van der Waals surface area contributed by atoms with Crippen molar-refractivity contribution < 1.29 is 10.2 Å². The molecule has 0 bridgehead atoms. The Morgan fingerprint density at radius 3 is 2.58 bits per heavy atom. The van der Waals surface area contributed by atoms with Crippen molar-refractivity contribution in [3.8, 4) is 11.5 Å². The zero-order valence-corrected chi connectivity index (χ0v) is 12.5. The van der Waals surface area contributed by atoms with Gasteiger partial charge in [-0.2, -0.15) is 11.8 Å². The molecule has 3 N–H and O–H groups in total. The molecule has 1 atom stereocenters. The Hall–Kier alpha value is -0.870. The van der Waals surface area contributed by atoms with E-state index in [1.54, 1.807) is 12.1 Å². The van der Waals surface area contributed by atoms with Crippen molar-refractivity contribution >= 4 is 11.8 Å². The molecule has 3 nitrogen and oxygen atoms in total. The maximum atomic E-state index is 9.87. The highest BCUT2D eigenvalue weighted by molar-refractivity contribution is 8.00. The van der Waals surface area contributed by atoms with Crippen molar-refractivity contribution in [3.05, 3.63) is 23.8 Å². The lowest BCUT2D eigenvalue weighted by atomic mass is 10.0. The summed E-state index contributed by atoms with van der Waals surface area (Å²) in [6.45, 7) is 3.02. The number of nitrogens with one attached hydrogen (secondary N) is 1. The molecule has 0 radical (unpaired) electrons. The third-order valence-electron chi connectivity index (χ3n) is 4.16. The van der Waals surface area contributed by atoms with Crippen molar-refractivity contribution in [3.63, 3.8) is 0 Å². The topological polar surface area (TPSA) is 52.5 Å². The molecule has 0 heterocycles. The van der Waals surface area contributed by atoms with E-state index in [0.29, 0.717) is 4.75 Å². The molecule has 2 rings (SSSR count). The van der Waals surface area contributed by atoms with Crippen molar-refractivity contribution in [2.75, 3.05) is 12.8 Å². The average Bonchev–Trinajstić information content (AvgIpc) is 2.85. The monoisotopic (exact) mass is 281 g/mol. The molecule has 1 unspecified atom stereocenters. The number of hydrogen-bond donors (Lipinski definition) is 3. The highest BCUT2D eigenvalue weighted by Gasteiger charge is 2.33. The summed E-state index contributed by atoms with van der Waals surface area (Å²) < 4.78 is 0.362. The molecular formula is C15H23NO2S. The van der Waals surface area contributed by atoms with Crippen molar-refractivity contribution in [1.29, 1.82) is 0 Å². The van der Waals surface area contributed by atoms with Gasteiger partial charge in [-0.15, -0.1) is 0 Å². The van der Waals surface area contributed by atoms with Gasteiger partial charge in [0.1, 0.15) is 11.5 Å². The van der Waals surface area contributed by atoms with Crippen LogP contribution in [0.3, 0.4) is 0 Å². The first kappa shape index (κ1) is 14.5. The van der Waals surface area contributed by atoms with Crippen molar-refractivity contribution in [2.45, 2.75) is 43.4 Å². The Morgan fingerprint density at radius 1 is 1.32 bits per heavy atom. The number of thioether (sulfide) groups is 1. The number of hydrogen-bond acceptors (Lipinski definition) is 4. The molecule has 1 aliphatic rings. The minimum atomic E-state index is 0.0882. The van der Waals surface area contributed by atoms with Gasteiger partial charge in [-0.25, -0.2) is 0 Å². The first-order valence-electron chi connectivity index (χ1n) is 6.87. The lowest BCUT2D eigenvalue weighted by Crippen LogP contribution is -2.36. The van der Waals surface area contributed by atoms with E-state index in [1.807, 2.05) is 11.8 Å². The SMILES string of the molecule is CSC1(CNC(C)c2ccc(O)cc2O)CCCC1. The van der Waals surface area contributed by atoms with Gasteiger partial charge in [0.25, 0.3) is 0 Å². The largest absolute Gasteiger partial charge is 0.508 e. The minimum absolute atomic E-state index is 0.0882. The molecule has 0 amide bonds. The van der Waals surface area contributed by atoms with Crippen LogP contribution < -0.4 is 5.32 Å². The molecule has 19 heavy (non-hydrogen) atoms. The van der Waals surface area contributed by atoms with Gasteiger partial charge in [0.05, 0.1) is 0 Å². The summed E-state index contributed by atoms with van der Waals surface area (Å²) in [4.78, 5) is 0. The highest BCUT2D eigenvalue weighted by atomic mass is 32.2. The first-order valence-corrected chi connectivity index (χ1v) is 8.09. The molecule has 1 aromatic carbocycles. The van der Waals surface area contributed by atoms with Gasteiger partial charge in [-0.3, -0.25) is 0 Å². The summed E-state index contributed by atoms with van der Waals surface area (Å²) in [7, 11) is 0. The lowest BCUT2D eigenvalue weighted by Gasteiger charge is -2.29. The van der Waals surface area contributed by atoms with E-state index in [4.69, 9.17) is 0 Å². The molecule has 0 aliphatic heterocycles. The molecule has 1 fully saturated rings. The zero-order valence-electron chi connectivity index (χ0n) is 11.6. The first-order chi connectivity index (χ1) is 9.06. The normalized spacial score (nSPS) is 19.5. The van der Waals surface area contributed by atoms with Crippen LogP contribution in [0.25, 0.3) is 0 Å². The molecular weight excluding hydrogens is 258 g/mol. The average molecular weight is 281 g/mol. The molecule has 4 heteroatoms. The van der Waals surface area contributed by atoms with E-state index in [9.17, 15) is 10.2 Å². The molecule has 0 spiro atoms. The number of aromatic hydroxyl groups is 2. The molecule has 106 valence electrons. The quantitative estimate of drug-likeness (QED) is 0.774. The number of phenolic OH excluding ortho intramolecular Hbond substituents is 2. The van der Waals surface area contributed by atoms with Gasteiger partial charge in [-0.1, -0.05) is 18.9 Å². The van der Waals surface area contributed by atoms with Crippen LogP contribution in [0, 0.1) is 0 Å². The van der Waals surface area contributed by atoms with Gasteiger partial charge in [0.2, 0.25) is 0 Å². The Morgan fingerprint density at radius 2 is 2.00 bits per heavy atom. The summed E-state index contributed by atoms with van der Waals surface area (Å²) in [5, 5.41) is 22.7. The minimum Gasteiger partial charge on any atom is -0.508 e. The summed E-state index contributed by atoms with van der Waals surface area (Å²) in [5.74, 6) is 0.259. The van der Waals surface area contributed by atoms with Gasteiger partial charge in [0, 0.05) is 29.0 Å². The number of benzene rings is 1. The maximum absolute atomic E-state index is 9.87. The Balaban J connectivity index is 1.99. The van der Waals surface area contributed by atoms with Crippen LogP contribution in [0.15, 0.2) is 18.2 Å². The summed E-state index contributed by atoms with van der Waals surface area (Å²) in [6.07, 6.45) is 7.38. The van der Waals surface area contributed by atoms with E-state index in [1.165, 1.54) is 31.7 Å². The highest BCUT2D eigenvalue weighted by Crippen LogP contribution is 2.40. The van der Waals surface area contributed by atoms with Gasteiger partial charge in [0.15, 0.2) is 0 Å². The Labute approximate surface area is 119 Å².